The molecule has 4 rings (SSSR count). The third kappa shape index (κ3) is 1.31. The molecule has 1 aromatic carbocycles. The highest BCUT2D eigenvalue weighted by molar-refractivity contribution is 5.89. The first-order valence-corrected chi connectivity index (χ1v) is 7.25. The maximum Gasteiger partial charge on any atom is 0.195 e. The predicted octanol–water partition coefficient (Wildman–Crippen LogP) is 2.82. The SMILES string of the molecule is CCOC1=N[C@@]2(C)C=C[C@@]2(C#N)[C@H]2Oc3ccccc3[C@@H]12. The Bertz CT molecular complexity index is 718. The van der Waals surface area contributed by atoms with Crippen molar-refractivity contribution < 1.29 is 9.47 Å². The summed E-state index contributed by atoms with van der Waals surface area (Å²) in [7, 11) is 0. The van der Waals surface area contributed by atoms with E-state index in [1.54, 1.807) is 0 Å². The lowest BCUT2D eigenvalue weighted by molar-refractivity contribution is 0.0593. The Morgan fingerprint density at radius 1 is 1.38 bits per heavy atom. The summed E-state index contributed by atoms with van der Waals surface area (Å²) < 4.78 is 11.9. The number of ether oxygens (including phenoxy) is 2. The van der Waals surface area contributed by atoms with Crippen LogP contribution in [-0.4, -0.2) is 24.1 Å². The molecule has 0 bridgehead atoms. The van der Waals surface area contributed by atoms with Gasteiger partial charge in [0.15, 0.2) is 5.90 Å². The van der Waals surface area contributed by atoms with E-state index >= 15 is 0 Å². The van der Waals surface area contributed by atoms with Crippen molar-refractivity contribution in [2.24, 2.45) is 10.4 Å². The van der Waals surface area contributed by atoms with Gasteiger partial charge in [0.05, 0.1) is 12.7 Å². The maximum absolute atomic E-state index is 9.79. The van der Waals surface area contributed by atoms with Gasteiger partial charge >= 0.3 is 0 Å². The second-order valence-corrected chi connectivity index (χ2v) is 5.90. The normalized spacial score (nSPS) is 38.0. The van der Waals surface area contributed by atoms with Gasteiger partial charge in [-0.2, -0.15) is 5.26 Å². The van der Waals surface area contributed by atoms with E-state index in [0.29, 0.717) is 12.5 Å². The molecule has 4 nitrogen and oxygen atoms in total. The standard InChI is InChI=1S/C17H16N2O2/c1-3-20-15-13-11-6-4-5-7-12(11)21-14(13)17(10-18)9-8-16(17,2)19-15/h4-9,13-14H,3H2,1-2H3/t13-,14+,16+,17-/m1/s1. The first-order chi connectivity index (χ1) is 10.1. The van der Waals surface area contributed by atoms with Gasteiger partial charge < -0.3 is 9.47 Å². The van der Waals surface area contributed by atoms with Crippen LogP contribution in [-0.2, 0) is 4.74 Å². The smallest absolute Gasteiger partial charge is 0.195 e. The number of hydrogen-bond acceptors (Lipinski definition) is 4. The molecule has 4 heteroatoms. The third-order valence-electron chi connectivity index (χ3n) is 4.85. The van der Waals surface area contributed by atoms with Crippen LogP contribution in [0.3, 0.4) is 0 Å². The van der Waals surface area contributed by atoms with Gasteiger partial charge in [-0.15, -0.1) is 0 Å². The minimum Gasteiger partial charge on any atom is -0.487 e. The number of fused-ring (bicyclic) bond motifs is 5. The van der Waals surface area contributed by atoms with E-state index in [0.717, 1.165) is 11.3 Å². The van der Waals surface area contributed by atoms with Gasteiger partial charge in [0.1, 0.15) is 28.7 Å². The molecular formula is C17H16N2O2. The fourth-order valence-corrected chi connectivity index (χ4v) is 3.63. The fraction of sp³-hybridized carbons (Fsp3) is 0.412. The highest BCUT2D eigenvalue weighted by Crippen LogP contribution is 2.59. The molecule has 106 valence electrons. The molecule has 0 saturated heterocycles. The molecule has 0 aromatic heterocycles. The van der Waals surface area contributed by atoms with Crippen molar-refractivity contribution in [1.29, 1.82) is 5.26 Å². The zero-order chi connectivity index (χ0) is 14.7. The predicted molar refractivity (Wildman–Crippen MR) is 78.3 cm³/mol. The Labute approximate surface area is 123 Å². The summed E-state index contributed by atoms with van der Waals surface area (Å²) in [6, 6.07) is 10.4. The second kappa shape index (κ2) is 3.88. The van der Waals surface area contributed by atoms with Gasteiger partial charge in [-0.1, -0.05) is 30.4 Å². The van der Waals surface area contributed by atoms with Crippen LogP contribution in [0.15, 0.2) is 41.4 Å². The summed E-state index contributed by atoms with van der Waals surface area (Å²) in [6.45, 7) is 4.48. The molecule has 3 aliphatic rings. The number of para-hydroxylation sites is 1. The van der Waals surface area contributed by atoms with Gasteiger partial charge in [0.25, 0.3) is 0 Å². The lowest BCUT2D eigenvalue weighted by atomic mass is 9.56. The minimum atomic E-state index is -0.711. The molecule has 21 heavy (non-hydrogen) atoms. The lowest BCUT2D eigenvalue weighted by Crippen LogP contribution is -2.61. The molecule has 4 atom stereocenters. The van der Waals surface area contributed by atoms with E-state index in [1.165, 1.54) is 0 Å². The van der Waals surface area contributed by atoms with E-state index in [-0.39, 0.29) is 12.0 Å². The van der Waals surface area contributed by atoms with E-state index < -0.39 is 11.0 Å². The number of nitrogens with zero attached hydrogens (tertiary/aromatic N) is 2. The summed E-state index contributed by atoms with van der Waals surface area (Å²) in [6.07, 6.45) is 3.63. The van der Waals surface area contributed by atoms with Crippen molar-refractivity contribution in [3.8, 4) is 11.8 Å². The minimum absolute atomic E-state index is 0.0983. The van der Waals surface area contributed by atoms with Crippen LogP contribution >= 0.6 is 0 Å². The summed E-state index contributed by atoms with van der Waals surface area (Å²) in [4.78, 5) is 4.76. The Morgan fingerprint density at radius 3 is 2.86 bits per heavy atom. The Morgan fingerprint density at radius 2 is 2.19 bits per heavy atom. The van der Waals surface area contributed by atoms with Crippen LogP contribution in [0.4, 0.5) is 0 Å². The Kier molecular flexibility index (Phi) is 2.30. The molecule has 1 aromatic rings. The second-order valence-electron chi connectivity index (χ2n) is 5.90. The number of nitriles is 1. The van der Waals surface area contributed by atoms with Crippen molar-refractivity contribution in [3.63, 3.8) is 0 Å². The van der Waals surface area contributed by atoms with Gasteiger partial charge in [-0.25, -0.2) is 4.99 Å². The van der Waals surface area contributed by atoms with Crippen LogP contribution < -0.4 is 4.74 Å². The molecule has 0 N–H and O–H groups in total. The van der Waals surface area contributed by atoms with E-state index in [2.05, 4.69) is 6.07 Å². The topological polar surface area (TPSA) is 54.6 Å². The molecule has 0 spiro atoms. The first kappa shape index (κ1) is 12.5. The van der Waals surface area contributed by atoms with Gasteiger partial charge in [0.2, 0.25) is 0 Å². The lowest BCUT2D eigenvalue weighted by Gasteiger charge is -2.51. The summed E-state index contributed by atoms with van der Waals surface area (Å²) in [5.74, 6) is 1.42. The maximum atomic E-state index is 9.79. The van der Waals surface area contributed by atoms with Crippen molar-refractivity contribution in [2.75, 3.05) is 6.61 Å². The molecular weight excluding hydrogens is 264 g/mol. The van der Waals surface area contributed by atoms with E-state index in [9.17, 15) is 5.26 Å². The average Bonchev–Trinajstić information content (AvgIpc) is 2.85. The summed E-state index contributed by atoms with van der Waals surface area (Å²) in [5, 5.41) is 9.79. The Balaban J connectivity index is 1.92. The van der Waals surface area contributed by atoms with Crippen LogP contribution in [0.2, 0.25) is 0 Å². The molecule has 0 unspecified atom stereocenters. The molecule has 0 radical (unpaired) electrons. The van der Waals surface area contributed by atoms with E-state index in [4.69, 9.17) is 14.5 Å². The number of benzene rings is 1. The largest absolute Gasteiger partial charge is 0.487 e. The highest BCUT2D eigenvalue weighted by atomic mass is 16.5. The van der Waals surface area contributed by atoms with Crippen molar-refractivity contribution >= 4 is 5.90 Å². The molecule has 0 amide bonds. The van der Waals surface area contributed by atoms with Crippen molar-refractivity contribution in [3.05, 3.63) is 42.0 Å². The van der Waals surface area contributed by atoms with Crippen molar-refractivity contribution in [2.45, 2.75) is 31.4 Å². The summed E-state index contributed by atoms with van der Waals surface area (Å²) in [5.41, 5.74) is -0.209. The Hall–Kier alpha value is -2.28. The third-order valence-corrected chi connectivity index (χ3v) is 4.85. The van der Waals surface area contributed by atoms with Crippen LogP contribution in [0.1, 0.15) is 25.3 Å². The molecule has 1 aliphatic carbocycles. The van der Waals surface area contributed by atoms with Crippen LogP contribution in [0.25, 0.3) is 0 Å². The zero-order valence-electron chi connectivity index (χ0n) is 12.0. The number of aliphatic imine (C=N–C) groups is 1. The van der Waals surface area contributed by atoms with Crippen LogP contribution in [0.5, 0.6) is 5.75 Å². The van der Waals surface area contributed by atoms with Crippen LogP contribution in [0, 0.1) is 16.7 Å². The fourth-order valence-electron chi connectivity index (χ4n) is 3.63. The molecule has 2 heterocycles. The molecule has 2 aliphatic heterocycles. The zero-order valence-corrected chi connectivity index (χ0v) is 12.0. The number of rotatable bonds is 1. The van der Waals surface area contributed by atoms with Gasteiger partial charge in [-0.3, -0.25) is 0 Å². The monoisotopic (exact) mass is 280 g/mol. The summed E-state index contributed by atoms with van der Waals surface area (Å²) >= 11 is 0. The van der Waals surface area contributed by atoms with Crippen molar-refractivity contribution in [1.82, 2.24) is 0 Å². The quantitative estimate of drug-likeness (QED) is 0.743. The molecule has 0 saturated carbocycles. The van der Waals surface area contributed by atoms with Gasteiger partial charge in [0, 0.05) is 5.56 Å². The highest BCUT2D eigenvalue weighted by Gasteiger charge is 2.66. The average molecular weight is 280 g/mol. The first-order valence-electron chi connectivity index (χ1n) is 7.25. The number of hydrogen-bond donors (Lipinski definition) is 0. The van der Waals surface area contributed by atoms with Gasteiger partial charge in [-0.05, 0) is 19.9 Å². The molecule has 0 fully saturated rings. The van der Waals surface area contributed by atoms with E-state index in [1.807, 2.05) is 50.3 Å².